The Morgan fingerprint density at radius 2 is 1.86 bits per heavy atom. The molecule has 0 bridgehead atoms. The average molecular weight is 290 g/mol. The molecule has 2 aromatic rings. The highest BCUT2D eigenvalue weighted by molar-refractivity contribution is 5.89. The van der Waals surface area contributed by atoms with Crippen LogP contribution in [0.15, 0.2) is 42.5 Å². The summed E-state index contributed by atoms with van der Waals surface area (Å²) in [4.78, 5) is 21.3. The fourth-order valence-electron chi connectivity index (χ4n) is 1.65. The minimum Gasteiger partial charge on any atom is -0.465 e. The van der Waals surface area contributed by atoms with E-state index < -0.39 is 5.97 Å². The molecule has 2 aromatic carbocycles. The van der Waals surface area contributed by atoms with E-state index in [1.165, 1.54) is 13.2 Å². The SMILES string of the molecule is COC(=O)c1ccc(COOc2ccc(C)c(F)c2)cc1. The molecule has 0 heterocycles. The second kappa shape index (κ2) is 6.85. The zero-order valence-corrected chi connectivity index (χ0v) is 11.8. The number of carbonyl (C=O) groups excluding carboxylic acids is 1. The molecule has 0 atom stereocenters. The topological polar surface area (TPSA) is 44.8 Å². The Hall–Kier alpha value is -2.40. The van der Waals surface area contributed by atoms with Crippen molar-refractivity contribution in [2.75, 3.05) is 7.11 Å². The largest absolute Gasteiger partial charge is 0.465 e. The number of methoxy groups -OCH3 is 1. The van der Waals surface area contributed by atoms with Gasteiger partial charge in [0.25, 0.3) is 0 Å². The molecule has 0 aliphatic rings. The van der Waals surface area contributed by atoms with Crippen LogP contribution in [0.1, 0.15) is 21.5 Å². The first-order chi connectivity index (χ1) is 10.1. The molecule has 21 heavy (non-hydrogen) atoms. The van der Waals surface area contributed by atoms with E-state index >= 15 is 0 Å². The first kappa shape index (κ1) is 15.0. The van der Waals surface area contributed by atoms with Gasteiger partial charge in [0.05, 0.1) is 12.7 Å². The Morgan fingerprint density at radius 3 is 2.48 bits per heavy atom. The number of benzene rings is 2. The molecule has 0 fully saturated rings. The minimum atomic E-state index is -0.395. The van der Waals surface area contributed by atoms with Crippen LogP contribution in [0.3, 0.4) is 0 Å². The molecule has 0 saturated heterocycles. The normalized spacial score (nSPS) is 10.2. The lowest BCUT2D eigenvalue weighted by atomic mass is 10.1. The highest BCUT2D eigenvalue weighted by Crippen LogP contribution is 2.16. The molecule has 0 aliphatic heterocycles. The molecule has 0 aliphatic carbocycles. The van der Waals surface area contributed by atoms with E-state index in [0.29, 0.717) is 16.9 Å². The number of hydrogen-bond donors (Lipinski definition) is 0. The lowest BCUT2D eigenvalue weighted by Crippen LogP contribution is -2.02. The Morgan fingerprint density at radius 1 is 1.14 bits per heavy atom. The molecular formula is C16H15FO4. The van der Waals surface area contributed by atoms with Gasteiger partial charge in [-0.2, -0.15) is 4.89 Å². The smallest absolute Gasteiger partial charge is 0.337 e. The number of aryl methyl sites for hydroxylation is 1. The number of carbonyl (C=O) groups is 1. The molecule has 110 valence electrons. The maximum Gasteiger partial charge on any atom is 0.337 e. The van der Waals surface area contributed by atoms with Gasteiger partial charge in [-0.3, -0.25) is 0 Å². The van der Waals surface area contributed by atoms with E-state index in [9.17, 15) is 9.18 Å². The van der Waals surface area contributed by atoms with Crippen molar-refractivity contribution in [3.8, 4) is 5.75 Å². The van der Waals surface area contributed by atoms with Crippen LogP contribution in [-0.4, -0.2) is 13.1 Å². The lowest BCUT2D eigenvalue weighted by Gasteiger charge is -2.06. The zero-order valence-electron chi connectivity index (χ0n) is 11.8. The van der Waals surface area contributed by atoms with Gasteiger partial charge in [0.2, 0.25) is 0 Å². The van der Waals surface area contributed by atoms with Gasteiger partial charge < -0.3 is 9.62 Å². The van der Waals surface area contributed by atoms with Crippen molar-refractivity contribution in [1.29, 1.82) is 0 Å². The van der Waals surface area contributed by atoms with Gasteiger partial charge in [0.1, 0.15) is 12.4 Å². The molecule has 0 N–H and O–H groups in total. The van der Waals surface area contributed by atoms with Crippen molar-refractivity contribution in [2.24, 2.45) is 0 Å². The number of esters is 1. The summed E-state index contributed by atoms with van der Waals surface area (Å²) in [5.74, 6) is -0.448. The Balaban J connectivity index is 1.88. The predicted molar refractivity (Wildman–Crippen MR) is 74.3 cm³/mol. The third-order valence-corrected chi connectivity index (χ3v) is 2.90. The van der Waals surface area contributed by atoms with E-state index in [-0.39, 0.29) is 12.4 Å². The van der Waals surface area contributed by atoms with Crippen LogP contribution in [0.2, 0.25) is 0 Å². The molecule has 5 heteroatoms. The molecule has 0 aromatic heterocycles. The van der Waals surface area contributed by atoms with Gasteiger partial charge in [0, 0.05) is 6.07 Å². The lowest BCUT2D eigenvalue weighted by molar-refractivity contribution is -0.217. The van der Waals surface area contributed by atoms with E-state index in [1.807, 2.05) is 0 Å². The van der Waals surface area contributed by atoms with E-state index in [1.54, 1.807) is 43.3 Å². The first-order valence-electron chi connectivity index (χ1n) is 6.33. The fourth-order valence-corrected chi connectivity index (χ4v) is 1.65. The van der Waals surface area contributed by atoms with Crippen molar-refractivity contribution >= 4 is 5.97 Å². The predicted octanol–water partition coefficient (Wildman–Crippen LogP) is 3.43. The van der Waals surface area contributed by atoms with Crippen LogP contribution >= 0.6 is 0 Å². The van der Waals surface area contributed by atoms with Gasteiger partial charge >= 0.3 is 5.97 Å². The fraction of sp³-hybridized carbons (Fsp3) is 0.188. The molecule has 0 amide bonds. The van der Waals surface area contributed by atoms with Crippen LogP contribution in [0, 0.1) is 12.7 Å². The summed E-state index contributed by atoms with van der Waals surface area (Å²) in [5.41, 5.74) is 1.82. The van der Waals surface area contributed by atoms with E-state index in [2.05, 4.69) is 4.74 Å². The van der Waals surface area contributed by atoms with Crippen LogP contribution in [0.5, 0.6) is 5.75 Å². The molecule has 4 nitrogen and oxygen atoms in total. The minimum absolute atomic E-state index is 0.178. The van der Waals surface area contributed by atoms with Crippen molar-refractivity contribution < 1.29 is 23.7 Å². The third-order valence-electron chi connectivity index (χ3n) is 2.90. The van der Waals surface area contributed by atoms with E-state index in [4.69, 9.17) is 9.78 Å². The van der Waals surface area contributed by atoms with Crippen LogP contribution in [0.25, 0.3) is 0 Å². The molecule has 0 saturated carbocycles. The van der Waals surface area contributed by atoms with Crippen molar-refractivity contribution in [3.63, 3.8) is 0 Å². The summed E-state index contributed by atoms with van der Waals surface area (Å²) in [6.45, 7) is 1.85. The summed E-state index contributed by atoms with van der Waals surface area (Å²) in [7, 11) is 1.33. The summed E-state index contributed by atoms with van der Waals surface area (Å²) < 4.78 is 17.9. The van der Waals surface area contributed by atoms with Gasteiger partial charge in [0.15, 0.2) is 5.75 Å². The van der Waals surface area contributed by atoms with Gasteiger partial charge in [-0.1, -0.05) is 18.2 Å². The Labute approximate surface area is 122 Å². The summed E-state index contributed by atoms with van der Waals surface area (Å²) in [6, 6.07) is 11.2. The summed E-state index contributed by atoms with van der Waals surface area (Å²) in [6.07, 6.45) is 0. The second-order valence-electron chi connectivity index (χ2n) is 4.45. The first-order valence-corrected chi connectivity index (χ1v) is 6.33. The molecular weight excluding hydrogens is 275 g/mol. The maximum absolute atomic E-state index is 13.3. The van der Waals surface area contributed by atoms with Crippen molar-refractivity contribution in [2.45, 2.75) is 13.5 Å². The molecule has 0 radical (unpaired) electrons. The summed E-state index contributed by atoms with van der Waals surface area (Å²) >= 11 is 0. The van der Waals surface area contributed by atoms with E-state index in [0.717, 1.165) is 5.56 Å². The van der Waals surface area contributed by atoms with Crippen LogP contribution < -0.4 is 4.89 Å². The number of halogens is 1. The Kier molecular flexibility index (Phi) is 4.90. The number of ether oxygens (including phenoxy) is 1. The average Bonchev–Trinajstić information content (AvgIpc) is 2.51. The quantitative estimate of drug-likeness (QED) is 0.481. The molecule has 0 unspecified atom stereocenters. The van der Waals surface area contributed by atoms with Crippen LogP contribution in [0.4, 0.5) is 4.39 Å². The number of rotatable bonds is 5. The molecule has 0 spiro atoms. The highest BCUT2D eigenvalue weighted by Gasteiger charge is 2.05. The molecule has 2 rings (SSSR count). The number of hydrogen-bond acceptors (Lipinski definition) is 4. The Bertz CT molecular complexity index is 623. The monoisotopic (exact) mass is 290 g/mol. The van der Waals surface area contributed by atoms with Gasteiger partial charge in [-0.15, -0.1) is 0 Å². The summed E-state index contributed by atoms with van der Waals surface area (Å²) in [5, 5.41) is 0. The zero-order chi connectivity index (χ0) is 15.2. The van der Waals surface area contributed by atoms with Gasteiger partial charge in [-0.25, -0.2) is 9.18 Å². The second-order valence-corrected chi connectivity index (χ2v) is 4.45. The van der Waals surface area contributed by atoms with Crippen molar-refractivity contribution in [3.05, 3.63) is 65.0 Å². The third kappa shape index (κ3) is 4.03. The van der Waals surface area contributed by atoms with Crippen LogP contribution in [-0.2, 0) is 16.2 Å². The van der Waals surface area contributed by atoms with Gasteiger partial charge in [-0.05, 0) is 36.2 Å². The highest BCUT2D eigenvalue weighted by atomic mass is 19.1. The maximum atomic E-state index is 13.3. The standard InChI is InChI=1S/C16H15FO4/c1-11-3-8-14(9-15(11)17)21-20-10-12-4-6-13(7-5-12)16(18)19-2/h3-9H,10H2,1-2H3. The van der Waals surface area contributed by atoms with Crippen molar-refractivity contribution in [1.82, 2.24) is 0 Å².